The molecular formula is C60H86N2+2. The van der Waals surface area contributed by atoms with E-state index in [4.69, 9.17) is 0 Å². The molecule has 0 fully saturated rings. The van der Waals surface area contributed by atoms with Crippen molar-refractivity contribution in [2.45, 2.75) is 219 Å². The van der Waals surface area contributed by atoms with Gasteiger partial charge in [0.25, 0.3) is 0 Å². The summed E-state index contributed by atoms with van der Waals surface area (Å²) in [5, 5.41) is 8.51. The first-order valence-electron chi connectivity index (χ1n) is 26.4. The fourth-order valence-electron chi connectivity index (χ4n) is 10.2. The minimum absolute atomic E-state index is 1.13. The molecule has 0 N–H and O–H groups in total. The van der Waals surface area contributed by atoms with E-state index in [-0.39, 0.29) is 0 Å². The van der Waals surface area contributed by atoms with E-state index < -0.39 is 0 Å². The van der Waals surface area contributed by atoms with E-state index in [1.54, 1.807) is 0 Å². The van der Waals surface area contributed by atoms with Crippen molar-refractivity contribution >= 4 is 32.3 Å². The van der Waals surface area contributed by atoms with Crippen molar-refractivity contribution < 1.29 is 9.13 Å². The number of hydrogen-bond donors (Lipinski definition) is 0. The van der Waals surface area contributed by atoms with Crippen LogP contribution in [-0.2, 0) is 19.5 Å². The maximum absolute atomic E-state index is 2.39. The van der Waals surface area contributed by atoms with Crippen molar-refractivity contribution in [2.24, 2.45) is 0 Å². The number of nitrogens with zero attached hydrogens (tertiary/aromatic N) is 2. The fraction of sp³-hybridized carbons (Fsp3) is 0.567. The normalized spacial score (nSPS) is 11.8. The summed E-state index contributed by atoms with van der Waals surface area (Å²) in [5.74, 6) is 0. The van der Waals surface area contributed by atoms with Crippen molar-refractivity contribution in [3.8, 4) is 11.1 Å². The van der Waals surface area contributed by atoms with Gasteiger partial charge in [0.1, 0.15) is 13.1 Å². The van der Waals surface area contributed by atoms with Crippen LogP contribution in [0.3, 0.4) is 0 Å². The number of benzene rings is 4. The zero-order valence-corrected chi connectivity index (χ0v) is 39.5. The molecule has 0 atom stereocenters. The summed E-state index contributed by atoms with van der Waals surface area (Å²) in [6.07, 6.45) is 52.6. The van der Waals surface area contributed by atoms with Crippen LogP contribution in [0.5, 0.6) is 0 Å². The van der Waals surface area contributed by atoms with Crippen LogP contribution in [0.2, 0.25) is 0 Å². The molecule has 62 heavy (non-hydrogen) atoms. The lowest BCUT2D eigenvalue weighted by Crippen LogP contribution is -2.33. The molecule has 0 aliphatic carbocycles. The number of unbranched alkanes of at least 4 members (excludes halogenated alkanes) is 28. The van der Waals surface area contributed by atoms with Crippen LogP contribution in [0.15, 0.2) is 104 Å². The molecule has 0 aliphatic heterocycles. The lowest BCUT2D eigenvalue weighted by atomic mass is 9.90. The summed E-state index contributed by atoms with van der Waals surface area (Å²) < 4.78 is 4.74. The second kappa shape index (κ2) is 28.8. The van der Waals surface area contributed by atoms with Gasteiger partial charge in [-0.1, -0.05) is 222 Å². The van der Waals surface area contributed by atoms with Crippen molar-refractivity contribution in [1.29, 1.82) is 0 Å². The molecule has 0 aliphatic rings. The lowest BCUT2D eigenvalue weighted by molar-refractivity contribution is -0.697. The van der Waals surface area contributed by atoms with E-state index in [9.17, 15) is 0 Å². The molecule has 0 saturated heterocycles. The average molecular weight is 835 g/mol. The number of pyridine rings is 2. The first-order valence-corrected chi connectivity index (χ1v) is 26.4. The van der Waals surface area contributed by atoms with E-state index in [2.05, 4.69) is 120 Å². The molecular weight excluding hydrogens is 749 g/mol. The first-order chi connectivity index (χ1) is 30.8. The number of hydrogen-bond acceptors (Lipinski definition) is 0. The number of rotatable bonds is 35. The molecule has 0 saturated carbocycles. The maximum atomic E-state index is 2.39. The predicted molar refractivity (Wildman–Crippen MR) is 270 cm³/mol. The van der Waals surface area contributed by atoms with Gasteiger partial charge >= 0.3 is 0 Å². The van der Waals surface area contributed by atoms with Crippen LogP contribution in [0.25, 0.3) is 43.4 Å². The minimum atomic E-state index is 1.13. The summed E-state index contributed by atoms with van der Waals surface area (Å²) in [6.45, 7) is 4.58. The van der Waals surface area contributed by atoms with Crippen LogP contribution >= 0.6 is 0 Å². The average Bonchev–Trinajstić information content (AvgIpc) is 3.31. The quantitative estimate of drug-likeness (QED) is 0.0214. The molecule has 0 amide bonds. The Labute approximate surface area is 379 Å². The third-order valence-corrected chi connectivity index (χ3v) is 14.1. The summed E-state index contributed by atoms with van der Waals surface area (Å²) in [6, 6.07) is 29.9. The van der Waals surface area contributed by atoms with E-state index in [1.807, 2.05) is 0 Å². The monoisotopic (exact) mass is 835 g/mol. The third kappa shape index (κ3) is 16.4. The van der Waals surface area contributed by atoms with Gasteiger partial charge in [0, 0.05) is 37.1 Å². The van der Waals surface area contributed by atoms with Gasteiger partial charge in [-0.2, -0.15) is 0 Å². The topological polar surface area (TPSA) is 7.76 Å². The Morgan fingerprint density at radius 1 is 0.306 bits per heavy atom. The molecule has 0 bridgehead atoms. The molecule has 2 nitrogen and oxygen atoms in total. The summed E-state index contributed by atoms with van der Waals surface area (Å²) >= 11 is 0. The molecule has 0 spiro atoms. The smallest absolute Gasteiger partial charge is 0.169 e. The third-order valence-electron chi connectivity index (χ3n) is 14.1. The zero-order valence-electron chi connectivity index (χ0n) is 39.5. The van der Waals surface area contributed by atoms with Crippen LogP contribution in [-0.4, -0.2) is 0 Å². The Balaban J connectivity index is 0.697. The van der Waals surface area contributed by atoms with Crippen molar-refractivity contribution in [3.05, 3.63) is 109 Å². The van der Waals surface area contributed by atoms with E-state index in [0.717, 1.165) is 13.1 Å². The summed E-state index contributed by atoms with van der Waals surface area (Å²) in [7, 11) is 0. The predicted octanol–water partition coefficient (Wildman–Crippen LogP) is 17.8. The molecule has 2 aromatic heterocycles. The van der Waals surface area contributed by atoms with Gasteiger partial charge in [-0.25, -0.2) is 9.13 Å². The van der Waals surface area contributed by atoms with Crippen molar-refractivity contribution in [3.63, 3.8) is 0 Å². The Kier molecular flexibility index (Phi) is 22.2. The Morgan fingerprint density at radius 2 is 0.645 bits per heavy atom. The molecule has 0 unspecified atom stereocenters. The van der Waals surface area contributed by atoms with Crippen LogP contribution in [0.1, 0.15) is 205 Å². The highest BCUT2D eigenvalue weighted by Gasteiger charge is 2.11. The van der Waals surface area contributed by atoms with Gasteiger partial charge in [-0.3, -0.25) is 0 Å². The maximum Gasteiger partial charge on any atom is 0.169 e. The summed E-state index contributed by atoms with van der Waals surface area (Å²) in [4.78, 5) is 0. The van der Waals surface area contributed by atoms with E-state index in [0.29, 0.717) is 0 Å². The van der Waals surface area contributed by atoms with Crippen LogP contribution < -0.4 is 9.13 Å². The van der Waals surface area contributed by atoms with Gasteiger partial charge in [0.2, 0.25) is 0 Å². The molecule has 334 valence electrons. The van der Waals surface area contributed by atoms with Crippen LogP contribution in [0, 0.1) is 0 Å². The SMILES string of the molecule is CCCCCCCCCCCCCCCCCC[n+]1ccc(-c2cc[n+](CCCCCCCCCCCCCCCCc3ccc4ccc5cccc6ccc3c4c56)cc2)cc1. The van der Waals surface area contributed by atoms with Gasteiger partial charge in [0.05, 0.1) is 0 Å². The molecule has 2 heteroatoms. The summed E-state index contributed by atoms with van der Waals surface area (Å²) in [5.41, 5.74) is 4.18. The first kappa shape index (κ1) is 47.7. The van der Waals surface area contributed by atoms with Crippen molar-refractivity contribution in [1.82, 2.24) is 0 Å². The highest BCUT2D eigenvalue weighted by molar-refractivity contribution is 6.23. The van der Waals surface area contributed by atoms with Gasteiger partial charge in [0.15, 0.2) is 24.8 Å². The lowest BCUT2D eigenvalue weighted by Gasteiger charge is -2.14. The number of aromatic nitrogens is 2. The van der Waals surface area contributed by atoms with Gasteiger partial charge < -0.3 is 0 Å². The Morgan fingerprint density at radius 3 is 1.06 bits per heavy atom. The second-order valence-corrected chi connectivity index (χ2v) is 19.2. The van der Waals surface area contributed by atoms with Gasteiger partial charge in [-0.05, 0) is 74.7 Å². The molecule has 6 rings (SSSR count). The molecule has 2 heterocycles. The van der Waals surface area contributed by atoms with E-state index >= 15 is 0 Å². The standard InChI is InChI=1S/C60H86N2/c1-2-3-4-5-6-7-8-9-10-12-15-18-21-24-27-30-46-61-48-42-52(43-49-61)53-44-50-62(51-45-53)47-31-28-25-22-19-16-13-11-14-17-20-23-26-29-33-54-36-37-57-39-38-55-34-32-35-56-40-41-58(54)60(57)59(55)56/h32,34-45,48-51H,2-31,33,46-47H2,1H3/q+2. The molecule has 4 aromatic carbocycles. The second-order valence-electron chi connectivity index (χ2n) is 19.2. The van der Waals surface area contributed by atoms with Crippen LogP contribution in [0.4, 0.5) is 0 Å². The largest absolute Gasteiger partial charge is 0.205 e. The number of aryl methyl sites for hydroxylation is 3. The molecule has 6 aromatic rings. The highest BCUT2D eigenvalue weighted by atomic mass is 14.9. The van der Waals surface area contributed by atoms with Gasteiger partial charge in [-0.15, -0.1) is 0 Å². The fourth-order valence-corrected chi connectivity index (χ4v) is 10.2. The zero-order chi connectivity index (χ0) is 42.7. The van der Waals surface area contributed by atoms with Crippen molar-refractivity contribution in [2.75, 3.05) is 0 Å². The minimum Gasteiger partial charge on any atom is -0.205 e. The highest BCUT2D eigenvalue weighted by Crippen LogP contribution is 2.36. The molecule has 0 radical (unpaired) electrons. The Hall–Kier alpha value is -3.78. The van der Waals surface area contributed by atoms with E-state index in [1.165, 1.54) is 248 Å². The Bertz CT molecular complexity index is 2030.